The van der Waals surface area contributed by atoms with Crippen molar-refractivity contribution < 1.29 is 29.4 Å². The van der Waals surface area contributed by atoms with E-state index >= 15 is 0 Å². The van der Waals surface area contributed by atoms with E-state index in [4.69, 9.17) is 5.73 Å². The number of phenols is 1. The fourth-order valence-corrected chi connectivity index (χ4v) is 4.07. The van der Waals surface area contributed by atoms with Gasteiger partial charge in [-0.3, -0.25) is 14.4 Å². The number of imidazole rings is 1. The fraction of sp³-hybridized carbons (Fsp3) is 0.345. The summed E-state index contributed by atoms with van der Waals surface area (Å²) in [5.41, 5.74) is 7.90. The average Bonchev–Trinajstić information content (AvgIpc) is 3.46. The molecule has 0 fully saturated rings. The van der Waals surface area contributed by atoms with E-state index in [9.17, 15) is 29.4 Å². The number of nitrogens with one attached hydrogen (secondary N) is 4. The number of nitrogens with two attached hydrogens (primary N) is 1. The number of phenolic OH excluding ortho intramolecular Hbond substituents is 1. The zero-order chi connectivity index (χ0) is 29.9. The highest BCUT2D eigenvalue weighted by Crippen LogP contribution is 2.13. The van der Waals surface area contributed by atoms with Gasteiger partial charge in [-0.15, -0.1) is 0 Å². The van der Waals surface area contributed by atoms with Crippen molar-refractivity contribution in [2.75, 3.05) is 0 Å². The van der Waals surface area contributed by atoms with Gasteiger partial charge >= 0.3 is 5.97 Å². The van der Waals surface area contributed by atoms with Gasteiger partial charge in [0, 0.05) is 31.2 Å². The summed E-state index contributed by atoms with van der Waals surface area (Å²) in [5.74, 6) is -3.29. The smallest absolute Gasteiger partial charge is 0.326 e. The molecule has 3 rings (SSSR count). The molecule has 0 aliphatic rings. The van der Waals surface area contributed by atoms with Crippen LogP contribution in [0.3, 0.4) is 0 Å². The third-order valence-electron chi connectivity index (χ3n) is 6.54. The number of aromatic amines is 1. The SMILES string of the molecule is CC(C)C(N)C(=O)NC(Cc1ccc(O)cc1)C(=O)NC(Cc1ccccc1)C(=O)NC(Cc1cnc[nH]1)C(=O)O. The number of H-pyrrole nitrogens is 1. The molecule has 0 saturated carbocycles. The highest BCUT2D eigenvalue weighted by atomic mass is 16.4. The summed E-state index contributed by atoms with van der Waals surface area (Å²) in [6.07, 6.45) is 2.95. The molecule has 3 aromatic rings. The first-order chi connectivity index (χ1) is 19.5. The maximum absolute atomic E-state index is 13.6. The van der Waals surface area contributed by atoms with Crippen molar-refractivity contribution in [2.45, 2.75) is 57.3 Å². The van der Waals surface area contributed by atoms with Crippen LogP contribution in [0.25, 0.3) is 0 Å². The van der Waals surface area contributed by atoms with Gasteiger partial charge in [-0.25, -0.2) is 9.78 Å². The Balaban J connectivity index is 1.84. The van der Waals surface area contributed by atoms with Gasteiger partial charge in [0.15, 0.2) is 0 Å². The second-order valence-corrected chi connectivity index (χ2v) is 10.1. The van der Waals surface area contributed by atoms with Crippen LogP contribution >= 0.6 is 0 Å². The van der Waals surface area contributed by atoms with Gasteiger partial charge in [0.2, 0.25) is 17.7 Å². The Hall–Kier alpha value is -4.71. The van der Waals surface area contributed by atoms with Gasteiger partial charge in [-0.2, -0.15) is 0 Å². The fourth-order valence-electron chi connectivity index (χ4n) is 4.07. The van der Waals surface area contributed by atoms with Crippen molar-refractivity contribution >= 4 is 23.7 Å². The van der Waals surface area contributed by atoms with Crippen LogP contribution in [-0.2, 0) is 38.4 Å². The highest BCUT2D eigenvalue weighted by molar-refractivity contribution is 5.94. The number of aromatic nitrogens is 2. The molecular weight excluding hydrogens is 528 g/mol. The minimum atomic E-state index is -1.28. The lowest BCUT2D eigenvalue weighted by molar-refractivity contribution is -0.142. The summed E-state index contributed by atoms with van der Waals surface area (Å²) in [6.45, 7) is 3.56. The van der Waals surface area contributed by atoms with E-state index in [1.54, 1.807) is 50.2 Å². The molecule has 0 aliphatic heterocycles. The lowest BCUT2D eigenvalue weighted by atomic mass is 10.0. The molecule has 3 amide bonds. The molecule has 1 heterocycles. The summed E-state index contributed by atoms with van der Waals surface area (Å²) < 4.78 is 0. The largest absolute Gasteiger partial charge is 0.508 e. The molecule has 0 radical (unpaired) electrons. The third kappa shape index (κ3) is 9.46. The molecule has 0 bridgehead atoms. The second-order valence-electron chi connectivity index (χ2n) is 10.1. The molecule has 4 atom stereocenters. The van der Waals surface area contributed by atoms with Gasteiger partial charge in [-0.05, 0) is 29.2 Å². The minimum absolute atomic E-state index is 0.0420. The molecule has 12 nitrogen and oxygen atoms in total. The van der Waals surface area contributed by atoms with Crippen LogP contribution in [0.15, 0.2) is 67.1 Å². The topological polar surface area (TPSA) is 200 Å². The molecule has 12 heteroatoms. The first-order valence-corrected chi connectivity index (χ1v) is 13.2. The zero-order valence-corrected chi connectivity index (χ0v) is 22.9. The number of aromatic hydroxyl groups is 1. The normalized spacial score (nSPS) is 14.0. The highest BCUT2D eigenvalue weighted by Gasteiger charge is 2.31. The zero-order valence-electron chi connectivity index (χ0n) is 22.9. The van der Waals surface area contributed by atoms with Crippen molar-refractivity contribution in [3.8, 4) is 5.75 Å². The van der Waals surface area contributed by atoms with Crippen LogP contribution in [0.4, 0.5) is 0 Å². The summed E-state index contributed by atoms with van der Waals surface area (Å²) >= 11 is 0. The van der Waals surface area contributed by atoms with Gasteiger partial charge in [0.05, 0.1) is 12.4 Å². The Kier molecular flexibility index (Phi) is 11.0. The van der Waals surface area contributed by atoms with Crippen LogP contribution in [0, 0.1) is 5.92 Å². The van der Waals surface area contributed by atoms with E-state index in [1.165, 1.54) is 24.7 Å². The summed E-state index contributed by atoms with van der Waals surface area (Å²) in [5, 5.41) is 27.3. The van der Waals surface area contributed by atoms with E-state index < -0.39 is 47.9 Å². The molecule has 2 aromatic carbocycles. The lowest BCUT2D eigenvalue weighted by Gasteiger charge is -2.26. The molecule has 218 valence electrons. The molecule has 4 unspecified atom stereocenters. The van der Waals surface area contributed by atoms with Crippen LogP contribution in [0.5, 0.6) is 5.75 Å². The predicted octanol–water partition coefficient (Wildman–Crippen LogP) is 0.666. The Morgan fingerprint density at radius 2 is 1.34 bits per heavy atom. The number of hydrogen-bond donors (Lipinski definition) is 7. The maximum Gasteiger partial charge on any atom is 0.326 e. The second kappa shape index (κ2) is 14.6. The van der Waals surface area contributed by atoms with E-state index in [1.807, 2.05) is 6.07 Å². The number of carbonyl (C=O) groups excluding carboxylic acids is 3. The van der Waals surface area contributed by atoms with E-state index in [0.29, 0.717) is 11.3 Å². The number of nitrogens with zero attached hydrogens (tertiary/aromatic N) is 1. The van der Waals surface area contributed by atoms with Crippen LogP contribution < -0.4 is 21.7 Å². The van der Waals surface area contributed by atoms with E-state index in [2.05, 4.69) is 25.9 Å². The van der Waals surface area contributed by atoms with Crippen LogP contribution in [0.2, 0.25) is 0 Å². The van der Waals surface area contributed by atoms with Crippen molar-refractivity contribution in [2.24, 2.45) is 11.7 Å². The third-order valence-corrected chi connectivity index (χ3v) is 6.54. The maximum atomic E-state index is 13.6. The Morgan fingerprint density at radius 3 is 1.85 bits per heavy atom. The number of benzene rings is 2. The first kappa shape index (κ1) is 30.8. The molecule has 0 saturated heterocycles. The quantitative estimate of drug-likeness (QED) is 0.148. The molecule has 0 aliphatic carbocycles. The van der Waals surface area contributed by atoms with Gasteiger partial charge in [0.1, 0.15) is 23.9 Å². The van der Waals surface area contributed by atoms with Gasteiger partial charge in [-0.1, -0.05) is 56.3 Å². The number of carbonyl (C=O) groups is 4. The Bertz CT molecular complexity index is 1300. The summed E-state index contributed by atoms with van der Waals surface area (Å²) in [6, 6.07) is 10.7. The van der Waals surface area contributed by atoms with Crippen LogP contribution in [-0.4, -0.2) is 68.0 Å². The number of carboxylic acids is 1. The number of rotatable bonds is 14. The van der Waals surface area contributed by atoms with Crippen molar-refractivity contribution in [3.05, 3.63) is 83.9 Å². The van der Waals surface area contributed by atoms with Crippen molar-refractivity contribution in [1.82, 2.24) is 25.9 Å². The number of carboxylic acid groups (broad SMARTS) is 1. The van der Waals surface area contributed by atoms with Gasteiger partial charge in [0.25, 0.3) is 0 Å². The van der Waals surface area contributed by atoms with E-state index in [-0.39, 0.29) is 30.9 Å². The lowest BCUT2D eigenvalue weighted by Crippen LogP contribution is -2.58. The standard InChI is InChI=1S/C29H36N6O6/c1-17(2)25(30)28(39)34-23(13-19-8-10-21(36)11-9-19)26(37)33-22(12-18-6-4-3-5-7-18)27(38)35-24(29(40)41)14-20-15-31-16-32-20/h3-11,15-17,22-25,36H,12-14,30H2,1-2H3,(H,31,32)(H,33,37)(H,34,39)(H,35,38)(H,40,41). The Morgan fingerprint density at radius 1 is 0.805 bits per heavy atom. The predicted molar refractivity (Wildman–Crippen MR) is 150 cm³/mol. The Labute approximate surface area is 237 Å². The number of hydrogen-bond acceptors (Lipinski definition) is 7. The average molecular weight is 565 g/mol. The number of aliphatic carboxylic acids is 1. The summed E-state index contributed by atoms with van der Waals surface area (Å²) in [7, 11) is 0. The molecule has 0 spiro atoms. The van der Waals surface area contributed by atoms with Crippen molar-refractivity contribution in [1.29, 1.82) is 0 Å². The van der Waals surface area contributed by atoms with E-state index in [0.717, 1.165) is 5.56 Å². The summed E-state index contributed by atoms with van der Waals surface area (Å²) in [4.78, 5) is 58.4. The number of amides is 3. The van der Waals surface area contributed by atoms with Crippen LogP contribution in [0.1, 0.15) is 30.7 Å². The molecule has 41 heavy (non-hydrogen) atoms. The van der Waals surface area contributed by atoms with Gasteiger partial charge < -0.3 is 36.9 Å². The molecule has 8 N–H and O–H groups in total. The van der Waals surface area contributed by atoms with Crippen molar-refractivity contribution in [3.63, 3.8) is 0 Å². The molecular formula is C29H36N6O6. The first-order valence-electron chi connectivity index (χ1n) is 13.2. The minimum Gasteiger partial charge on any atom is -0.508 e. The molecule has 1 aromatic heterocycles. The monoisotopic (exact) mass is 564 g/mol.